The van der Waals surface area contributed by atoms with Crippen LogP contribution in [0.4, 0.5) is 13.2 Å². The molecule has 11 heteroatoms. The first-order valence-electron chi connectivity index (χ1n) is 10.1. The zero-order chi connectivity index (χ0) is 23.3. The molecule has 1 aliphatic carbocycles. The van der Waals surface area contributed by atoms with Gasteiger partial charge in [0.15, 0.2) is 6.10 Å². The van der Waals surface area contributed by atoms with E-state index in [1.165, 1.54) is 11.0 Å². The molecule has 2 atom stereocenters. The van der Waals surface area contributed by atoms with Crippen molar-refractivity contribution in [2.75, 3.05) is 26.5 Å². The summed E-state index contributed by atoms with van der Waals surface area (Å²) in [6.07, 6.45) is 4.41. The van der Waals surface area contributed by atoms with Gasteiger partial charge in [0.25, 0.3) is 5.92 Å². The van der Waals surface area contributed by atoms with Crippen molar-refractivity contribution in [1.82, 2.24) is 9.62 Å². The number of aryl methyl sites for hydroxylation is 1. The van der Waals surface area contributed by atoms with Crippen LogP contribution in [0.1, 0.15) is 35.6 Å². The lowest BCUT2D eigenvalue weighted by molar-refractivity contribution is -0.00123. The van der Waals surface area contributed by atoms with E-state index in [0.29, 0.717) is 23.3 Å². The fourth-order valence-electron chi connectivity index (χ4n) is 4.32. The number of benzene rings is 1. The molecule has 0 aromatic heterocycles. The second kappa shape index (κ2) is 8.11. The zero-order valence-electron chi connectivity index (χ0n) is 17.9. The lowest BCUT2D eigenvalue weighted by atomic mass is 9.91. The molecule has 4 rings (SSSR count). The van der Waals surface area contributed by atoms with Gasteiger partial charge in [-0.05, 0) is 36.6 Å². The van der Waals surface area contributed by atoms with Gasteiger partial charge in [-0.3, -0.25) is 0 Å². The van der Waals surface area contributed by atoms with Crippen molar-refractivity contribution in [1.29, 1.82) is 0 Å². The second-order valence-corrected chi connectivity index (χ2v) is 10.0. The number of halogens is 3. The second-order valence-electron chi connectivity index (χ2n) is 8.25. The highest BCUT2D eigenvalue weighted by molar-refractivity contribution is 7.88. The minimum atomic E-state index is -3.81. The van der Waals surface area contributed by atoms with Crippen molar-refractivity contribution in [3.63, 3.8) is 0 Å². The van der Waals surface area contributed by atoms with Crippen LogP contribution in [-0.4, -0.2) is 57.6 Å². The van der Waals surface area contributed by atoms with Gasteiger partial charge in [-0.25, -0.2) is 26.3 Å². The summed E-state index contributed by atoms with van der Waals surface area (Å²) < 4.78 is 74.1. The fourth-order valence-corrected chi connectivity index (χ4v) is 5.08. The lowest BCUT2D eigenvalue weighted by Gasteiger charge is -2.19. The van der Waals surface area contributed by atoms with Crippen molar-refractivity contribution in [2.24, 2.45) is 5.16 Å². The highest BCUT2D eigenvalue weighted by Crippen LogP contribution is 2.41. The van der Waals surface area contributed by atoms with Gasteiger partial charge in [0.2, 0.25) is 10.0 Å². The summed E-state index contributed by atoms with van der Waals surface area (Å²) in [4.78, 5) is 6.78. The third-order valence-corrected chi connectivity index (χ3v) is 6.43. The van der Waals surface area contributed by atoms with E-state index in [0.717, 1.165) is 17.4 Å². The minimum Gasteiger partial charge on any atom is -0.496 e. The van der Waals surface area contributed by atoms with Gasteiger partial charge in [0, 0.05) is 17.7 Å². The Kier molecular flexibility index (Phi) is 5.74. The monoisotopic (exact) mass is 471 g/mol. The van der Waals surface area contributed by atoms with E-state index in [9.17, 15) is 17.2 Å². The highest BCUT2D eigenvalue weighted by atomic mass is 32.2. The van der Waals surface area contributed by atoms with Gasteiger partial charge < -0.3 is 14.5 Å². The number of amidine groups is 1. The van der Waals surface area contributed by atoms with E-state index in [1.807, 2.05) is 22.9 Å². The summed E-state index contributed by atoms with van der Waals surface area (Å²) in [5.74, 6) is -2.90. The Morgan fingerprint density at radius 2 is 2.09 bits per heavy atom. The molecule has 1 fully saturated rings. The number of rotatable bonds is 5. The third kappa shape index (κ3) is 4.36. The predicted octanol–water partition coefficient (Wildman–Crippen LogP) is 3.10. The summed E-state index contributed by atoms with van der Waals surface area (Å²) in [5.41, 5.74) is 2.46. The first-order chi connectivity index (χ1) is 15.0. The average Bonchev–Trinajstić information content (AvgIpc) is 3.39. The van der Waals surface area contributed by atoms with E-state index in [1.54, 1.807) is 14.0 Å². The number of alkyl halides is 2. The molecule has 0 radical (unpaired) electrons. The van der Waals surface area contributed by atoms with Crippen molar-refractivity contribution in [2.45, 2.75) is 37.8 Å². The Bertz CT molecular complexity index is 1130. The van der Waals surface area contributed by atoms with Crippen LogP contribution >= 0.6 is 0 Å². The van der Waals surface area contributed by atoms with Gasteiger partial charge in [-0.15, -0.1) is 0 Å². The largest absolute Gasteiger partial charge is 0.496 e. The number of ether oxygens (including phenoxy) is 1. The van der Waals surface area contributed by atoms with Gasteiger partial charge in [0.05, 0.1) is 26.3 Å². The minimum absolute atomic E-state index is 0.0810. The van der Waals surface area contributed by atoms with Crippen LogP contribution in [0, 0.1) is 12.7 Å². The topological polar surface area (TPSA) is 80.2 Å². The van der Waals surface area contributed by atoms with E-state index in [2.05, 4.69) is 5.16 Å². The van der Waals surface area contributed by atoms with Crippen LogP contribution in [0.5, 0.6) is 0 Å². The Morgan fingerprint density at radius 1 is 1.34 bits per heavy atom. The first kappa shape index (κ1) is 22.7. The van der Waals surface area contributed by atoms with Gasteiger partial charge in [0.1, 0.15) is 23.5 Å². The number of nitrogens with zero attached hydrogens (tertiary/aromatic N) is 2. The number of hydrogen-bond donors (Lipinski definition) is 1. The molecule has 32 heavy (non-hydrogen) atoms. The highest BCUT2D eigenvalue weighted by Gasteiger charge is 2.51. The Labute approximate surface area is 184 Å². The van der Waals surface area contributed by atoms with Gasteiger partial charge >= 0.3 is 0 Å². The number of oxime groups is 1. The molecule has 7 nitrogen and oxygen atoms in total. The van der Waals surface area contributed by atoms with E-state index in [-0.39, 0.29) is 18.8 Å². The van der Waals surface area contributed by atoms with Crippen LogP contribution < -0.4 is 4.72 Å². The number of likely N-dealkylation sites (tertiary alicyclic amines) is 1. The number of nitrogens with one attached hydrogen (secondary N) is 1. The molecule has 1 saturated heterocycles. The maximum Gasteiger partial charge on any atom is 0.282 e. The fraction of sp³-hybridized carbons (Fsp3) is 0.476. The summed E-state index contributed by atoms with van der Waals surface area (Å²) in [6.45, 7) is 0.812. The molecule has 0 bridgehead atoms. The molecular weight excluding hydrogens is 447 g/mol. The molecule has 2 aliphatic heterocycles. The van der Waals surface area contributed by atoms with Gasteiger partial charge in [-0.1, -0.05) is 17.3 Å². The Balaban J connectivity index is 1.58. The number of methoxy groups -OCH3 is 1. The molecule has 1 unspecified atom stereocenters. The van der Waals surface area contributed by atoms with Crippen molar-refractivity contribution in [3.8, 4) is 0 Å². The molecule has 1 N–H and O–H groups in total. The SMILES string of the molecule is COC1=C(c2cc(C)cc(F)c2C2CC(N3C[C@@H](NS(C)(=O)=O)C(F)(F)C3)=NO2)CC=C1. The van der Waals surface area contributed by atoms with Crippen molar-refractivity contribution >= 4 is 21.4 Å². The van der Waals surface area contributed by atoms with Crippen LogP contribution in [0.25, 0.3) is 5.57 Å². The number of hydrogen-bond acceptors (Lipinski definition) is 6. The van der Waals surface area contributed by atoms with Gasteiger partial charge in [-0.2, -0.15) is 0 Å². The third-order valence-electron chi connectivity index (χ3n) is 5.72. The maximum absolute atomic E-state index is 15.1. The van der Waals surface area contributed by atoms with Crippen molar-refractivity contribution < 1.29 is 31.2 Å². The van der Waals surface area contributed by atoms with Crippen LogP contribution in [0.15, 0.2) is 35.2 Å². The first-order valence-corrected chi connectivity index (χ1v) is 11.9. The molecular formula is C21H24F3N3O4S. The standard InChI is InChI=1S/C21H24F3N3O4S/c1-12-7-14(13-5-4-6-16(13)30-2)20(15(22)8-12)17-9-19(25-31-17)27-10-18(21(23,24)11-27)26-32(3,28)29/h4,6-8,17-18,26H,5,9-11H2,1-3H3/t17?,18-/m1/s1. The number of sulfonamides is 1. The Morgan fingerprint density at radius 3 is 2.78 bits per heavy atom. The molecule has 3 aliphatic rings. The molecule has 0 amide bonds. The van der Waals surface area contributed by atoms with Crippen LogP contribution in [0.2, 0.25) is 0 Å². The van der Waals surface area contributed by atoms with E-state index < -0.39 is 40.5 Å². The molecule has 1 aromatic carbocycles. The average molecular weight is 472 g/mol. The molecule has 174 valence electrons. The zero-order valence-corrected chi connectivity index (χ0v) is 18.7. The quantitative estimate of drug-likeness (QED) is 0.714. The summed E-state index contributed by atoms with van der Waals surface area (Å²) in [5, 5.41) is 3.94. The predicted molar refractivity (Wildman–Crippen MR) is 113 cm³/mol. The van der Waals surface area contributed by atoms with E-state index >= 15 is 4.39 Å². The molecule has 0 spiro atoms. The van der Waals surface area contributed by atoms with Crippen LogP contribution in [-0.2, 0) is 19.6 Å². The summed E-state index contributed by atoms with van der Waals surface area (Å²) in [7, 11) is -2.27. The van der Waals surface area contributed by atoms with Crippen LogP contribution in [0.3, 0.4) is 0 Å². The number of allylic oxidation sites excluding steroid dienone is 3. The Hall–Kier alpha value is -2.53. The summed E-state index contributed by atoms with van der Waals surface area (Å²) >= 11 is 0. The summed E-state index contributed by atoms with van der Waals surface area (Å²) in [6, 6.07) is 1.66. The molecule has 1 aromatic rings. The maximum atomic E-state index is 15.1. The van der Waals surface area contributed by atoms with E-state index in [4.69, 9.17) is 9.57 Å². The molecule has 2 heterocycles. The smallest absolute Gasteiger partial charge is 0.282 e. The van der Waals surface area contributed by atoms with Crippen molar-refractivity contribution in [3.05, 3.63) is 52.6 Å². The molecule has 0 saturated carbocycles. The normalized spacial score (nSPS) is 24.8. The lowest BCUT2D eigenvalue weighted by Crippen LogP contribution is -2.46.